The normalized spacial score (nSPS) is 16.5. The fourth-order valence-electron chi connectivity index (χ4n) is 2.71. The summed E-state index contributed by atoms with van der Waals surface area (Å²) in [5.74, 6) is -0.311. The summed E-state index contributed by atoms with van der Waals surface area (Å²) in [5.41, 5.74) is 1.37. The Morgan fingerprint density at radius 1 is 1.24 bits per heavy atom. The van der Waals surface area contributed by atoms with Gasteiger partial charge in [0.05, 0.1) is 16.3 Å². The number of hydrogen-bond acceptors (Lipinski definition) is 5. The second kappa shape index (κ2) is 9.19. The Morgan fingerprint density at radius 2 is 1.97 bits per heavy atom. The van der Waals surface area contributed by atoms with Crippen LogP contribution in [0.4, 0.5) is 5.69 Å². The van der Waals surface area contributed by atoms with Gasteiger partial charge in [0.15, 0.2) is 9.84 Å². The standard InChI is InChI=1S/C20H21ClN2O4S2/c1-13-12-28-18-7-6-16(10-17(18)23-20(13)25)29(26,27)9-8-19(24)22-11-14-2-4-15(21)5-3-14/h2-7,10,13H,8-9,11-12H2,1H3,(H,22,24)(H,23,25)/t13-/m1/s1. The van der Waals surface area contributed by atoms with Crippen molar-refractivity contribution in [2.45, 2.75) is 29.7 Å². The molecule has 2 aromatic carbocycles. The molecule has 3 rings (SSSR count). The Morgan fingerprint density at radius 3 is 2.69 bits per heavy atom. The van der Waals surface area contributed by atoms with Crippen LogP contribution >= 0.6 is 23.4 Å². The molecule has 0 aromatic heterocycles. The van der Waals surface area contributed by atoms with E-state index in [9.17, 15) is 18.0 Å². The van der Waals surface area contributed by atoms with Gasteiger partial charge in [0.25, 0.3) is 0 Å². The van der Waals surface area contributed by atoms with E-state index in [1.165, 1.54) is 23.9 Å². The van der Waals surface area contributed by atoms with Gasteiger partial charge in [-0.1, -0.05) is 30.7 Å². The molecule has 2 aromatic rings. The third kappa shape index (κ3) is 5.74. The van der Waals surface area contributed by atoms with Crippen LogP contribution in [0.15, 0.2) is 52.3 Å². The van der Waals surface area contributed by atoms with Gasteiger partial charge in [0.1, 0.15) is 0 Å². The van der Waals surface area contributed by atoms with Gasteiger partial charge in [0, 0.05) is 34.6 Å². The Hall–Kier alpha value is -2.03. The molecule has 9 heteroatoms. The first-order valence-corrected chi connectivity index (χ1v) is 12.1. The van der Waals surface area contributed by atoms with Gasteiger partial charge < -0.3 is 10.6 Å². The van der Waals surface area contributed by atoms with E-state index in [1.54, 1.807) is 30.3 Å². The number of sulfone groups is 1. The Kier molecular flexibility index (Phi) is 6.87. The lowest BCUT2D eigenvalue weighted by Gasteiger charge is -2.10. The molecule has 0 saturated heterocycles. The van der Waals surface area contributed by atoms with Gasteiger partial charge >= 0.3 is 0 Å². The highest BCUT2D eigenvalue weighted by Crippen LogP contribution is 2.34. The van der Waals surface area contributed by atoms with Gasteiger partial charge in [-0.25, -0.2) is 8.42 Å². The maximum Gasteiger partial charge on any atom is 0.228 e. The number of carbonyl (C=O) groups is 2. The van der Waals surface area contributed by atoms with Gasteiger partial charge in [-0.15, -0.1) is 11.8 Å². The molecule has 1 heterocycles. The quantitative estimate of drug-likeness (QED) is 0.699. The molecule has 1 aliphatic rings. The molecule has 0 saturated carbocycles. The van der Waals surface area contributed by atoms with Crippen molar-refractivity contribution in [3.8, 4) is 0 Å². The molecule has 0 unspecified atom stereocenters. The lowest BCUT2D eigenvalue weighted by atomic mass is 10.2. The van der Waals surface area contributed by atoms with Crippen molar-refractivity contribution in [2.24, 2.45) is 5.92 Å². The van der Waals surface area contributed by atoms with Crippen LogP contribution in [0, 0.1) is 5.92 Å². The smallest absolute Gasteiger partial charge is 0.228 e. The zero-order chi connectivity index (χ0) is 21.0. The number of anilines is 1. The number of rotatable bonds is 6. The van der Waals surface area contributed by atoms with E-state index in [1.807, 2.05) is 6.92 Å². The van der Waals surface area contributed by atoms with Crippen LogP contribution in [0.5, 0.6) is 0 Å². The third-order valence-electron chi connectivity index (χ3n) is 4.51. The number of thioether (sulfide) groups is 1. The SMILES string of the molecule is C[C@@H]1CSc2ccc(S(=O)(=O)CCC(=O)NCc3ccc(Cl)cc3)cc2NC1=O. The molecule has 0 spiro atoms. The first-order chi connectivity index (χ1) is 13.7. The summed E-state index contributed by atoms with van der Waals surface area (Å²) in [7, 11) is -3.66. The molecule has 0 bridgehead atoms. The Bertz CT molecular complexity index is 1020. The van der Waals surface area contributed by atoms with E-state index >= 15 is 0 Å². The van der Waals surface area contributed by atoms with Crippen molar-refractivity contribution in [2.75, 3.05) is 16.8 Å². The van der Waals surface area contributed by atoms with Gasteiger partial charge in [-0.2, -0.15) is 0 Å². The predicted molar refractivity (Wildman–Crippen MR) is 115 cm³/mol. The molecule has 1 aliphatic heterocycles. The van der Waals surface area contributed by atoms with Crippen molar-refractivity contribution < 1.29 is 18.0 Å². The zero-order valence-electron chi connectivity index (χ0n) is 15.8. The molecule has 2 N–H and O–H groups in total. The molecule has 2 amide bonds. The van der Waals surface area contributed by atoms with Gasteiger partial charge in [0.2, 0.25) is 11.8 Å². The largest absolute Gasteiger partial charge is 0.352 e. The van der Waals surface area contributed by atoms with Crippen LogP contribution in [-0.4, -0.2) is 31.7 Å². The average molecular weight is 453 g/mol. The van der Waals surface area contributed by atoms with E-state index in [4.69, 9.17) is 11.6 Å². The van der Waals surface area contributed by atoms with E-state index in [0.29, 0.717) is 23.0 Å². The van der Waals surface area contributed by atoms with Crippen LogP contribution in [0.1, 0.15) is 18.9 Å². The summed E-state index contributed by atoms with van der Waals surface area (Å²) in [6.45, 7) is 2.13. The average Bonchev–Trinajstić information content (AvgIpc) is 2.84. The molecule has 1 atom stereocenters. The van der Waals surface area contributed by atoms with Crippen molar-refractivity contribution >= 4 is 50.7 Å². The number of fused-ring (bicyclic) bond motifs is 1. The van der Waals surface area contributed by atoms with E-state index < -0.39 is 9.84 Å². The van der Waals surface area contributed by atoms with Crippen LogP contribution in [0.25, 0.3) is 0 Å². The van der Waals surface area contributed by atoms with E-state index in [0.717, 1.165) is 10.5 Å². The van der Waals surface area contributed by atoms with Crippen molar-refractivity contribution in [1.29, 1.82) is 0 Å². The summed E-state index contributed by atoms with van der Waals surface area (Å²) < 4.78 is 25.3. The van der Waals surface area contributed by atoms with Crippen LogP contribution < -0.4 is 10.6 Å². The Labute approximate surface area is 179 Å². The van der Waals surface area contributed by atoms with Crippen molar-refractivity contribution in [3.63, 3.8) is 0 Å². The maximum atomic E-state index is 12.7. The predicted octanol–water partition coefficient (Wildman–Crippen LogP) is 3.50. The lowest BCUT2D eigenvalue weighted by molar-refractivity contribution is -0.121. The van der Waals surface area contributed by atoms with Crippen molar-refractivity contribution in [1.82, 2.24) is 5.32 Å². The number of carbonyl (C=O) groups excluding carboxylic acids is 2. The topological polar surface area (TPSA) is 92.3 Å². The highest BCUT2D eigenvalue weighted by molar-refractivity contribution is 7.99. The molecule has 29 heavy (non-hydrogen) atoms. The van der Waals surface area contributed by atoms with Crippen LogP contribution in [0.2, 0.25) is 5.02 Å². The fourth-order valence-corrected chi connectivity index (χ4v) is 5.11. The number of nitrogens with one attached hydrogen (secondary N) is 2. The van der Waals surface area contributed by atoms with Gasteiger partial charge in [-0.3, -0.25) is 9.59 Å². The van der Waals surface area contributed by atoms with Crippen LogP contribution in [-0.2, 0) is 26.0 Å². The fraction of sp³-hybridized carbons (Fsp3) is 0.300. The summed E-state index contributed by atoms with van der Waals surface area (Å²) in [5, 5.41) is 6.09. The Balaban J connectivity index is 1.61. The minimum absolute atomic E-state index is 0.0946. The minimum atomic E-state index is -3.66. The van der Waals surface area contributed by atoms with Crippen molar-refractivity contribution in [3.05, 3.63) is 53.1 Å². The number of amides is 2. The molecule has 0 radical (unpaired) electrons. The number of hydrogen-bond donors (Lipinski definition) is 2. The number of benzene rings is 2. The van der Waals surface area contributed by atoms with Crippen LogP contribution in [0.3, 0.4) is 0 Å². The summed E-state index contributed by atoms with van der Waals surface area (Å²) in [6, 6.07) is 11.7. The molecular weight excluding hydrogens is 432 g/mol. The molecule has 6 nitrogen and oxygen atoms in total. The highest BCUT2D eigenvalue weighted by Gasteiger charge is 2.23. The molecular formula is C20H21ClN2O4S2. The molecule has 0 fully saturated rings. The summed E-state index contributed by atoms with van der Waals surface area (Å²) >= 11 is 7.34. The second-order valence-electron chi connectivity index (χ2n) is 6.83. The molecule has 0 aliphatic carbocycles. The summed E-state index contributed by atoms with van der Waals surface area (Å²) in [6.07, 6.45) is -0.148. The number of halogens is 1. The highest BCUT2D eigenvalue weighted by atomic mass is 35.5. The second-order valence-corrected chi connectivity index (χ2v) is 10.4. The summed E-state index contributed by atoms with van der Waals surface area (Å²) in [4.78, 5) is 25.0. The van der Waals surface area contributed by atoms with Gasteiger partial charge in [-0.05, 0) is 35.9 Å². The van der Waals surface area contributed by atoms with E-state index in [-0.39, 0.29) is 34.8 Å². The zero-order valence-corrected chi connectivity index (χ0v) is 18.2. The first-order valence-electron chi connectivity index (χ1n) is 9.06. The maximum absolute atomic E-state index is 12.7. The lowest BCUT2D eigenvalue weighted by Crippen LogP contribution is -2.25. The third-order valence-corrected chi connectivity index (χ3v) is 7.80. The molecule has 154 valence electrons. The first kappa shape index (κ1) is 21.7. The minimum Gasteiger partial charge on any atom is -0.352 e. The monoisotopic (exact) mass is 452 g/mol. The van der Waals surface area contributed by atoms with E-state index in [2.05, 4.69) is 10.6 Å².